The maximum atomic E-state index is 13.0. The molecule has 2 aromatic rings. The van der Waals surface area contributed by atoms with Crippen LogP contribution in [0.4, 0.5) is 10.1 Å². The Bertz CT molecular complexity index is 788. The van der Waals surface area contributed by atoms with Crippen LogP contribution >= 0.6 is 11.6 Å². The fourth-order valence-corrected chi connectivity index (χ4v) is 2.28. The normalized spacial score (nSPS) is 11.1. The second-order valence-electron chi connectivity index (χ2n) is 5.27. The minimum atomic E-state index is -0.499. The first kappa shape index (κ1) is 18.7. The Morgan fingerprint density at radius 1 is 1.12 bits per heavy atom. The second-order valence-corrected chi connectivity index (χ2v) is 5.68. The average Bonchev–Trinajstić information content (AvgIpc) is 2.61. The quantitative estimate of drug-likeness (QED) is 0.337. The van der Waals surface area contributed by atoms with E-state index in [0.717, 1.165) is 6.42 Å². The highest BCUT2D eigenvalue weighted by atomic mass is 35.5. The Hall–Kier alpha value is -2.66. The molecule has 0 aromatic heterocycles. The van der Waals surface area contributed by atoms with Crippen molar-refractivity contribution in [1.82, 2.24) is 5.32 Å². The van der Waals surface area contributed by atoms with Crippen molar-refractivity contribution in [3.05, 3.63) is 76.7 Å². The molecule has 0 fully saturated rings. The predicted octanol–water partition coefficient (Wildman–Crippen LogP) is 4.18. The van der Waals surface area contributed by atoms with Crippen molar-refractivity contribution in [2.75, 3.05) is 11.9 Å². The number of hydrogen-bond donors (Lipinski definition) is 2. The summed E-state index contributed by atoms with van der Waals surface area (Å²) in [6.07, 6.45) is 2.05. The van der Waals surface area contributed by atoms with E-state index < -0.39 is 11.7 Å². The molecule has 1 amide bonds. The summed E-state index contributed by atoms with van der Waals surface area (Å²) in [5.74, 6) is -1.36. The largest absolute Gasteiger partial charge is 0.361 e. The van der Waals surface area contributed by atoms with Gasteiger partial charge in [0.05, 0.1) is 5.02 Å². The molecule has 0 aliphatic carbocycles. The molecule has 25 heavy (non-hydrogen) atoms. The van der Waals surface area contributed by atoms with Gasteiger partial charge in [-0.1, -0.05) is 30.7 Å². The molecule has 4 nitrogen and oxygen atoms in total. The highest BCUT2D eigenvalue weighted by molar-refractivity contribution is 6.37. The highest BCUT2D eigenvalue weighted by Crippen LogP contribution is 2.19. The van der Waals surface area contributed by atoms with Gasteiger partial charge < -0.3 is 10.6 Å². The Morgan fingerprint density at radius 2 is 1.80 bits per heavy atom. The van der Waals surface area contributed by atoms with Crippen molar-refractivity contribution in [3.63, 3.8) is 0 Å². The maximum Gasteiger partial charge on any atom is 0.256 e. The predicted molar refractivity (Wildman–Crippen MR) is 97.2 cm³/mol. The molecule has 0 aliphatic rings. The van der Waals surface area contributed by atoms with E-state index in [1.54, 1.807) is 24.3 Å². The van der Waals surface area contributed by atoms with Crippen LogP contribution in [-0.2, 0) is 4.79 Å². The summed E-state index contributed by atoms with van der Waals surface area (Å²) in [5.41, 5.74) is 0.711. The van der Waals surface area contributed by atoms with Crippen molar-refractivity contribution < 1.29 is 14.0 Å². The van der Waals surface area contributed by atoms with Crippen LogP contribution in [0.3, 0.4) is 0 Å². The number of amides is 1. The van der Waals surface area contributed by atoms with Crippen molar-refractivity contribution in [3.8, 4) is 0 Å². The zero-order valence-electron chi connectivity index (χ0n) is 13.7. The van der Waals surface area contributed by atoms with Crippen LogP contribution in [-0.4, -0.2) is 18.2 Å². The minimum Gasteiger partial charge on any atom is -0.361 e. The molecule has 0 saturated heterocycles. The minimum absolute atomic E-state index is 0.0779. The van der Waals surface area contributed by atoms with Gasteiger partial charge in [-0.3, -0.25) is 9.59 Å². The van der Waals surface area contributed by atoms with E-state index in [4.69, 9.17) is 11.6 Å². The Labute approximate surface area is 150 Å². The Morgan fingerprint density at radius 3 is 2.44 bits per heavy atom. The van der Waals surface area contributed by atoms with E-state index in [2.05, 4.69) is 10.6 Å². The summed E-state index contributed by atoms with van der Waals surface area (Å²) in [4.78, 5) is 25.1. The molecule has 2 N–H and O–H groups in total. The zero-order valence-corrected chi connectivity index (χ0v) is 14.4. The van der Waals surface area contributed by atoms with Gasteiger partial charge in [-0.05, 0) is 42.8 Å². The molecule has 6 heteroatoms. The van der Waals surface area contributed by atoms with Gasteiger partial charge in [0.2, 0.25) is 5.78 Å². The maximum absolute atomic E-state index is 13.0. The van der Waals surface area contributed by atoms with Gasteiger partial charge >= 0.3 is 0 Å². The summed E-state index contributed by atoms with van der Waals surface area (Å²) in [5, 5.41) is 5.79. The van der Waals surface area contributed by atoms with Gasteiger partial charge in [0, 0.05) is 24.0 Å². The van der Waals surface area contributed by atoms with Crippen LogP contribution in [0.1, 0.15) is 23.7 Å². The fourth-order valence-electron chi connectivity index (χ4n) is 2.06. The molecular formula is C19H18ClFN2O2. The summed E-state index contributed by atoms with van der Waals surface area (Å²) < 4.78 is 13.0. The molecule has 0 saturated carbocycles. The van der Waals surface area contributed by atoms with Crippen LogP contribution in [0.2, 0.25) is 5.02 Å². The highest BCUT2D eigenvalue weighted by Gasteiger charge is 2.21. The van der Waals surface area contributed by atoms with Crippen molar-refractivity contribution >= 4 is 29.0 Å². The average molecular weight is 361 g/mol. The number of hydrogen-bond acceptors (Lipinski definition) is 3. The summed E-state index contributed by atoms with van der Waals surface area (Å²) in [7, 11) is 0. The van der Waals surface area contributed by atoms with Gasteiger partial charge in [0.1, 0.15) is 11.4 Å². The van der Waals surface area contributed by atoms with Crippen molar-refractivity contribution in [2.45, 2.75) is 13.3 Å². The molecule has 2 rings (SSSR count). The van der Waals surface area contributed by atoms with Crippen LogP contribution in [0.15, 0.2) is 60.3 Å². The smallest absolute Gasteiger partial charge is 0.256 e. The number of Topliss-reactive ketones (excluding diaryl/α,β-unsaturated/α-hetero) is 1. The van der Waals surface area contributed by atoms with Crippen LogP contribution in [0, 0.1) is 5.82 Å². The zero-order chi connectivity index (χ0) is 18.2. The summed E-state index contributed by atoms with van der Waals surface area (Å²) >= 11 is 6.06. The molecule has 0 heterocycles. The fraction of sp³-hybridized carbons (Fsp3) is 0.158. The van der Waals surface area contributed by atoms with Crippen LogP contribution < -0.4 is 10.6 Å². The van der Waals surface area contributed by atoms with E-state index in [0.29, 0.717) is 12.2 Å². The van der Waals surface area contributed by atoms with E-state index in [9.17, 15) is 14.0 Å². The van der Waals surface area contributed by atoms with Gasteiger partial charge in [-0.25, -0.2) is 4.39 Å². The lowest BCUT2D eigenvalue weighted by Crippen LogP contribution is -2.29. The Balaban J connectivity index is 2.30. The number of anilines is 1. The number of carbonyl (C=O) groups is 2. The summed E-state index contributed by atoms with van der Waals surface area (Å²) in [6.45, 7) is 2.36. The first-order chi connectivity index (χ1) is 12.0. The number of nitrogens with one attached hydrogen (secondary N) is 2. The molecule has 0 unspecified atom stereocenters. The van der Waals surface area contributed by atoms with Crippen molar-refractivity contribution in [1.29, 1.82) is 0 Å². The molecule has 0 atom stereocenters. The lowest BCUT2D eigenvalue weighted by molar-refractivity contribution is -0.117. The number of halogens is 2. The molecule has 0 radical (unpaired) electrons. The number of benzene rings is 2. The number of carbonyl (C=O) groups excluding carboxylic acids is 2. The topological polar surface area (TPSA) is 58.2 Å². The third-order valence-corrected chi connectivity index (χ3v) is 3.70. The third kappa shape index (κ3) is 5.16. The van der Waals surface area contributed by atoms with E-state index in [-0.39, 0.29) is 22.0 Å². The Kier molecular flexibility index (Phi) is 6.71. The lowest BCUT2D eigenvalue weighted by atomic mass is 10.0. The van der Waals surface area contributed by atoms with Crippen molar-refractivity contribution in [2.24, 2.45) is 0 Å². The molecular weight excluding hydrogens is 343 g/mol. The van der Waals surface area contributed by atoms with Gasteiger partial charge in [-0.15, -0.1) is 0 Å². The first-order valence-corrected chi connectivity index (χ1v) is 8.20. The first-order valence-electron chi connectivity index (χ1n) is 7.82. The number of ketones is 1. The van der Waals surface area contributed by atoms with E-state index >= 15 is 0 Å². The second kappa shape index (κ2) is 8.99. The van der Waals surface area contributed by atoms with Crippen LogP contribution in [0.5, 0.6) is 0 Å². The SMILES string of the molecule is CCCNC(=O)C(=CNc1ccc(F)cc1)C(=O)c1ccccc1Cl. The van der Waals surface area contributed by atoms with Crippen LogP contribution in [0.25, 0.3) is 0 Å². The standard InChI is InChI=1S/C19H18ClFN2O2/c1-2-11-22-19(25)16(12-23-14-9-7-13(21)8-10-14)18(24)15-5-3-4-6-17(15)20/h3-10,12,23H,2,11H2,1H3,(H,22,25). The van der Waals surface area contributed by atoms with Gasteiger partial charge in [0.15, 0.2) is 0 Å². The molecule has 130 valence electrons. The molecule has 0 spiro atoms. The third-order valence-electron chi connectivity index (χ3n) is 3.37. The summed E-state index contributed by atoms with van der Waals surface area (Å²) in [6, 6.07) is 12.1. The van der Waals surface area contributed by atoms with E-state index in [1.165, 1.54) is 30.5 Å². The van der Waals surface area contributed by atoms with Gasteiger partial charge in [-0.2, -0.15) is 0 Å². The number of rotatable bonds is 7. The lowest BCUT2D eigenvalue weighted by Gasteiger charge is -2.10. The van der Waals surface area contributed by atoms with Gasteiger partial charge in [0.25, 0.3) is 5.91 Å². The molecule has 2 aromatic carbocycles. The molecule has 0 aliphatic heterocycles. The monoisotopic (exact) mass is 360 g/mol. The van der Waals surface area contributed by atoms with E-state index in [1.807, 2.05) is 6.92 Å². The molecule has 0 bridgehead atoms.